The van der Waals surface area contributed by atoms with Gasteiger partial charge in [-0.3, -0.25) is 0 Å². The number of para-hydroxylation sites is 1. The molecule has 1 aromatic rings. The van der Waals surface area contributed by atoms with Crippen LogP contribution in [0.2, 0.25) is 0 Å². The first-order valence-electron chi connectivity index (χ1n) is 4.11. The van der Waals surface area contributed by atoms with E-state index in [1.165, 1.54) is 6.42 Å². The molecule has 0 saturated carbocycles. The van der Waals surface area contributed by atoms with Crippen LogP contribution in [-0.2, 0) is 6.42 Å². The van der Waals surface area contributed by atoms with Gasteiger partial charge >= 0.3 is 18.9 Å². The molecule has 0 aliphatic heterocycles. The maximum Gasteiger partial charge on any atom is 1.00 e. The molecule has 0 aliphatic rings. The number of hydrogen-bond donors (Lipinski definition) is 1. The van der Waals surface area contributed by atoms with Gasteiger partial charge < -0.3 is 6.53 Å². The van der Waals surface area contributed by atoms with Gasteiger partial charge in [0, 0.05) is 0 Å². The molecule has 0 aliphatic carbocycles. The van der Waals surface area contributed by atoms with E-state index in [1.807, 2.05) is 18.2 Å². The van der Waals surface area contributed by atoms with Gasteiger partial charge in [-0.2, -0.15) is 0 Å². The van der Waals surface area contributed by atoms with E-state index in [0.717, 1.165) is 18.4 Å². The molecule has 0 radical (unpaired) electrons. The average molecular weight is 158 g/mol. The Balaban J connectivity index is 0. The third kappa shape index (κ3) is 3.34. The molecular weight excluding hydrogens is 143 g/mol. The van der Waals surface area contributed by atoms with Crippen molar-refractivity contribution in [1.82, 2.24) is 0 Å². The molecule has 1 nitrogen and oxygen atoms in total. The van der Waals surface area contributed by atoms with Crippen molar-refractivity contribution in [1.29, 1.82) is 0 Å². The van der Waals surface area contributed by atoms with Crippen molar-refractivity contribution >= 4 is 0 Å². The SMILES string of the molecule is CCCCc1ccccc1O.[H-].[Li+]. The largest absolute Gasteiger partial charge is 1.00 e. The molecule has 2 heteroatoms. The number of phenols is 1. The molecule has 0 heterocycles. The van der Waals surface area contributed by atoms with E-state index in [-0.39, 0.29) is 20.3 Å². The summed E-state index contributed by atoms with van der Waals surface area (Å²) < 4.78 is 0. The van der Waals surface area contributed by atoms with Crippen molar-refractivity contribution in [3.05, 3.63) is 29.8 Å². The third-order valence-corrected chi connectivity index (χ3v) is 1.79. The molecule has 1 rings (SSSR count). The first-order valence-corrected chi connectivity index (χ1v) is 4.11. The van der Waals surface area contributed by atoms with E-state index in [9.17, 15) is 5.11 Å². The third-order valence-electron chi connectivity index (χ3n) is 1.79. The van der Waals surface area contributed by atoms with Gasteiger partial charge in [-0.1, -0.05) is 31.5 Å². The predicted octanol–water partition coefficient (Wildman–Crippen LogP) is -0.149. The van der Waals surface area contributed by atoms with E-state index in [1.54, 1.807) is 6.07 Å². The Kier molecular flexibility index (Phi) is 5.97. The summed E-state index contributed by atoms with van der Waals surface area (Å²) in [6.07, 6.45) is 3.31. The Morgan fingerprint density at radius 2 is 2.00 bits per heavy atom. The number of aromatic hydroxyl groups is 1. The van der Waals surface area contributed by atoms with Crippen LogP contribution in [0.3, 0.4) is 0 Å². The average Bonchev–Trinajstić information content (AvgIpc) is 2.03. The van der Waals surface area contributed by atoms with Crippen LogP contribution in [0.5, 0.6) is 5.75 Å². The molecule has 1 aromatic carbocycles. The van der Waals surface area contributed by atoms with Gasteiger partial charge in [-0.05, 0) is 24.5 Å². The molecular formula is C10H15LiO. The summed E-state index contributed by atoms with van der Waals surface area (Å²) in [5, 5.41) is 9.34. The van der Waals surface area contributed by atoms with Crippen molar-refractivity contribution in [2.75, 3.05) is 0 Å². The van der Waals surface area contributed by atoms with Crippen molar-refractivity contribution in [3.8, 4) is 5.75 Å². The zero-order chi connectivity index (χ0) is 8.10. The Morgan fingerprint density at radius 1 is 1.33 bits per heavy atom. The molecule has 0 atom stereocenters. The standard InChI is InChI=1S/C10H14O.Li.H/c1-2-3-6-9-7-4-5-8-10(9)11;;/h4-5,7-8,11H,2-3,6H2,1H3;;/q;+1;-1. The maximum atomic E-state index is 9.34. The zero-order valence-corrected chi connectivity index (χ0v) is 7.88. The summed E-state index contributed by atoms with van der Waals surface area (Å²) >= 11 is 0. The summed E-state index contributed by atoms with van der Waals surface area (Å²) in [6.45, 7) is 2.15. The summed E-state index contributed by atoms with van der Waals surface area (Å²) in [5.74, 6) is 0.431. The van der Waals surface area contributed by atoms with Gasteiger partial charge in [-0.25, -0.2) is 0 Å². The van der Waals surface area contributed by atoms with Gasteiger partial charge in [0.2, 0.25) is 0 Å². The molecule has 0 fully saturated rings. The smallest absolute Gasteiger partial charge is 1.00 e. The summed E-state index contributed by atoms with van der Waals surface area (Å²) in [5.41, 5.74) is 1.06. The number of phenolic OH excluding ortho intramolecular Hbond substituents is 1. The summed E-state index contributed by atoms with van der Waals surface area (Å²) in [6, 6.07) is 7.53. The van der Waals surface area contributed by atoms with E-state index < -0.39 is 0 Å². The second-order valence-electron chi connectivity index (χ2n) is 2.73. The Morgan fingerprint density at radius 3 is 2.58 bits per heavy atom. The number of benzene rings is 1. The molecule has 0 bridgehead atoms. The summed E-state index contributed by atoms with van der Waals surface area (Å²) in [7, 11) is 0. The number of rotatable bonds is 3. The van der Waals surface area contributed by atoms with Crippen molar-refractivity contribution in [3.63, 3.8) is 0 Å². The van der Waals surface area contributed by atoms with Crippen LogP contribution in [-0.4, -0.2) is 5.11 Å². The monoisotopic (exact) mass is 158 g/mol. The minimum Gasteiger partial charge on any atom is -1.00 e. The van der Waals surface area contributed by atoms with E-state index in [2.05, 4.69) is 6.92 Å². The van der Waals surface area contributed by atoms with Crippen LogP contribution < -0.4 is 18.9 Å². The second-order valence-corrected chi connectivity index (χ2v) is 2.73. The van der Waals surface area contributed by atoms with Gasteiger partial charge in [0.25, 0.3) is 0 Å². The van der Waals surface area contributed by atoms with Gasteiger partial charge in [0.1, 0.15) is 5.75 Å². The molecule has 0 amide bonds. The zero-order valence-electron chi connectivity index (χ0n) is 8.88. The van der Waals surface area contributed by atoms with Crippen LogP contribution >= 0.6 is 0 Å². The van der Waals surface area contributed by atoms with Gasteiger partial charge in [0.05, 0.1) is 0 Å². The normalized spacial score (nSPS) is 9.08. The van der Waals surface area contributed by atoms with Crippen LogP contribution in [0.1, 0.15) is 26.8 Å². The number of aryl methyl sites for hydroxylation is 1. The Labute approximate surface area is 87.5 Å². The van der Waals surface area contributed by atoms with Gasteiger partial charge in [-0.15, -0.1) is 0 Å². The van der Waals surface area contributed by atoms with Crippen LogP contribution in [0.15, 0.2) is 24.3 Å². The minimum absolute atomic E-state index is 0. The van der Waals surface area contributed by atoms with E-state index in [4.69, 9.17) is 0 Å². The fraction of sp³-hybridized carbons (Fsp3) is 0.400. The minimum atomic E-state index is 0. The number of unbranched alkanes of at least 4 members (excludes halogenated alkanes) is 1. The topological polar surface area (TPSA) is 20.2 Å². The van der Waals surface area contributed by atoms with Crippen molar-refractivity contribution in [2.45, 2.75) is 26.2 Å². The molecule has 12 heavy (non-hydrogen) atoms. The molecule has 0 spiro atoms. The Hall–Kier alpha value is -0.383. The first-order chi connectivity index (χ1) is 5.34. The quantitative estimate of drug-likeness (QED) is 0.607. The molecule has 1 N–H and O–H groups in total. The van der Waals surface area contributed by atoms with Crippen LogP contribution in [0.25, 0.3) is 0 Å². The molecule has 0 saturated heterocycles. The first kappa shape index (κ1) is 11.6. The Bertz CT molecular complexity index is 228. The van der Waals surface area contributed by atoms with Crippen LogP contribution in [0, 0.1) is 0 Å². The molecule has 0 unspecified atom stereocenters. The van der Waals surface area contributed by atoms with Crippen molar-refractivity contribution < 1.29 is 25.4 Å². The molecule has 0 aromatic heterocycles. The number of hydrogen-bond acceptors (Lipinski definition) is 1. The van der Waals surface area contributed by atoms with E-state index in [0.29, 0.717) is 5.75 Å². The van der Waals surface area contributed by atoms with Crippen LogP contribution in [0.4, 0.5) is 0 Å². The van der Waals surface area contributed by atoms with Crippen molar-refractivity contribution in [2.24, 2.45) is 0 Å². The fourth-order valence-corrected chi connectivity index (χ4v) is 1.09. The fourth-order valence-electron chi connectivity index (χ4n) is 1.09. The van der Waals surface area contributed by atoms with Gasteiger partial charge in [0.15, 0.2) is 0 Å². The second kappa shape index (κ2) is 6.17. The summed E-state index contributed by atoms with van der Waals surface area (Å²) in [4.78, 5) is 0. The van der Waals surface area contributed by atoms with E-state index >= 15 is 0 Å². The maximum absolute atomic E-state index is 9.34. The predicted molar refractivity (Wildman–Crippen MR) is 47.8 cm³/mol. The molecule has 62 valence electrons.